The molecule has 0 amide bonds. The number of hydrogen-bond acceptors (Lipinski definition) is 4. The number of benzene rings is 8. The standard InChI is InChI=1S/C54H33N3S/c1-3-15-34(16-4-1)36-19-13-21-39(31-36)52-55-51(35-17-5-2-6-18-35)56-53(57-52)40-22-14-20-37(32-40)38-29-30-43-47(33-38)54(49-44-25-9-12-28-48(44)58-50(43)49)45-26-10-7-23-41(45)42-24-8-11-27-46(42)54/h1-33H. The van der Waals surface area contributed by atoms with Crippen molar-refractivity contribution in [2.75, 3.05) is 0 Å². The lowest BCUT2D eigenvalue weighted by Gasteiger charge is -2.30. The van der Waals surface area contributed by atoms with Gasteiger partial charge in [-0.15, -0.1) is 11.3 Å². The van der Waals surface area contributed by atoms with Crippen molar-refractivity contribution >= 4 is 21.4 Å². The molecule has 270 valence electrons. The second-order valence-electron chi connectivity index (χ2n) is 15.1. The highest BCUT2D eigenvalue weighted by Gasteiger charge is 2.53. The Hall–Kier alpha value is -7.27. The van der Waals surface area contributed by atoms with Crippen LogP contribution in [0.25, 0.3) is 88.1 Å². The zero-order valence-electron chi connectivity index (χ0n) is 31.3. The number of aromatic nitrogens is 3. The summed E-state index contributed by atoms with van der Waals surface area (Å²) < 4.78 is 1.33. The summed E-state index contributed by atoms with van der Waals surface area (Å²) in [5, 5.41) is 1.34. The van der Waals surface area contributed by atoms with E-state index in [2.05, 4.69) is 176 Å². The van der Waals surface area contributed by atoms with Crippen LogP contribution in [0.5, 0.6) is 0 Å². The Labute approximate surface area is 340 Å². The van der Waals surface area contributed by atoms with Gasteiger partial charge in [-0.2, -0.15) is 0 Å². The van der Waals surface area contributed by atoms with E-state index >= 15 is 0 Å². The number of rotatable bonds is 5. The molecule has 0 radical (unpaired) electrons. The molecule has 0 atom stereocenters. The predicted molar refractivity (Wildman–Crippen MR) is 239 cm³/mol. The Kier molecular flexibility index (Phi) is 7.31. The Morgan fingerprint density at radius 2 is 0.810 bits per heavy atom. The molecule has 2 aliphatic rings. The molecule has 4 heteroatoms. The van der Waals surface area contributed by atoms with Crippen molar-refractivity contribution in [3.8, 4) is 78.0 Å². The maximum absolute atomic E-state index is 5.16. The van der Waals surface area contributed by atoms with Gasteiger partial charge in [0.2, 0.25) is 0 Å². The van der Waals surface area contributed by atoms with Crippen LogP contribution in [0.4, 0.5) is 0 Å². The smallest absolute Gasteiger partial charge is 0.164 e. The predicted octanol–water partition coefficient (Wildman–Crippen LogP) is 13.8. The van der Waals surface area contributed by atoms with E-state index in [1.165, 1.54) is 53.9 Å². The van der Waals surface area contributed by atoms with Gasteiger partial charge in [0.15, 0.2) is 17.5 Å². The molecule has 0 aliphatic heterocycles. The molecule has 2 aliphatic carbocycles. The Morgan fingerprint density at radius 1 is 0.328 bits per heavy atom. The minimum Gasteiger partial charge on any atom is -0.208 e. The lowest BCUT2D eigenvalue weighted by Crippen LogP contribution is -2.25. The molecular weight excluding hydrogens is 723 g/mol. The maximum Gasteiger partial charge on any atom is 0.164 e. The minimum absolute atomic E-state index is 0.424. The molecule has 0 bridgehead atoms. The van der Waals surface area contributed by atoms with Crippen LogP contribution in [-0.2, 0) is 5.41 Å². The first-order chi connectivity index (χ1) is 28.7. The first-order valence-corrected chi connectivity index (χ1v) is 20.5. The van der Waals surface area contributed by atoms with Gasteiger partial charge in [-0.3, -0.25) is 0 Å². The monoisotopic (exact) mass is 755 g/mol. The molecule has 1 spiro atoms. The summed E-state index contributed by atoms with van der Waals surface area (Å²) in [5.41, 5.74) is 16.4. The molecule has 2 aromatic heterocycles. The fraction of sp³-hybridized carbons (Fsp3) is 0.0185. The summed E-state index contributed by atoms with van der Waals surface area (Å²) >= 11 is 1.92. The Balaban J connectivity index is 1.03. The van der Waals surface area contributed by atoms with E-state index in [0.29, 0.717) is 17.5 Å². The van der Waals surface area contributed by atoms with Crippen molar-refractivity contribution in [2.24, 2.45) is 0 Å². The number of nitrogens with zero attached hydrogens (tertiary/aromatic N) is 3. The molecule has 0 saturated carbocycles. The molecule has 0 N–H and O–H groups in total. The van der Waals surface area contributed by atoms with Gasteiger partial charge in [0.1, 0.15) is 0 Å². The molecule has 0 saturated heterocycles. The van der Waals surface area contributed by atoms with Crippen LogP contribution < -0.4 is 0 Å². The fourth-order valence-electron chi connectivity index (χ4n) is 9.43. The van der Waals surface area contributed by atoms with E-state index < -0.39 is 5.41 Å². The van der Waals surface area contributed by atoms with Crippen molar-refractivity contribution in [3.05, 3.63) is 222 Å². The van der Waals surface area contributed by atoms with Crippen LogP contribution in [0.3, 0.4) is 0 Å². The van der Waals surface area contributed by atoms with E-state index in [4.69, 9.17) is 15.0 Å². The van der Waals surface area contributed by atoms with Crippen LogP contribution >= 0.6 is 11.3 Å². The molecule has 58 heavy (non-hydrogen) atoms. The summed E-state index contributed by atoms with van der Waals surface area (Å²) in [6.07, 6.45) is 0. The van der Waals surface area contributed by atoms with E-state index in [0.717, 1.165) is 38.9 Å². The minimum atomic E-state index is -0.424. The van der Waals surface area contributed by atoms with Crippen molar-refractivity contribution in [2.45, 2.75) is 5.41 Å². The summed E-state index contributed by atoms with van der Waals surface area (Å²) in [5.74, 6) is 1.93. The van der Waals surface area contributed by atoms with Crippen LogP contribution in [0, 0.1) is 0 Å². The largest absolute Gasteiger partial charge is 0.208 e. The first kappa shape index (κ1) is 32.9. The van der Waals surface area contributed by atoms with E-state index in [9.17, 15) is 0 Å². The zero-order valence-corrected chi connectivity index (χ0v) is 32.1. The van der Waals surface area contributed by atoms with Crippen LogP contribution in [0.2, 0.25) is 0 Å². The molecule has 0 unspecified atom stereocenters. The fourth-order valence-corrected chi connectivity index (χ4v) is 10.7. The second-order valence-corrected chi connectivity index (χ2v) is 16.2. The van der Waals surface area contributed by atoms with E-state index in [-0.39, 0.29) is 0 Å². The van der Waals surface area contributed by atoms with Gasteiger partial charge in [0.05, 0.1) is 5.41 Å². The van der Waals surface area contributed by atoms with E-state index in [1.807, 2.05) is 35.6 Å². The van der Waals surface area contributed by atoms with Crippen molar-refractivity contribution in [1.82, 2.24) is 15.0 Å². The van der Waals surface area contributed by atoms with Gasteiger partial charge in [-0.25, -0.2) is 15.0 Å². The zero-order chi connectivity index (χ0) is 38.2. The third-order valence-corrected chi connectivity index (χ3v) is 13.1. The Bertz CT molecular complexity index is 3190. The summed E-state index contributed by atoms with van der Waals surface area (Å²) in [6, 6.07) is 71.9. The molecule has 3 nitrogen and oxygen atoms in total. The van der Waals surface area contributed by atoms with Crippen molar-refractivity contribution in [1.29, 1.82) is 0 Å². The van der Waals surface area contributed by atoms with E-state index in [1.54, 1.807) is 0 Å². The molecule has 2 heterocycles. The summed E-state index contributed by atoms with van der Waals surface area (Å²) in [6.45, 7) is 0. The topological polar surface area (TPSA) is 38.7 Å². The van der Waals surface area contributed by atoms with Gasteiger partial charge < -0.3 is 0 Å². The highest BCUT2D eigenvalue weighted by atomic mass is 32.1. The van der Waals surface area contributed by atoms with Gasteiger partial charge in [0.25, 0.3) is 0 Å². The molecule has 12 rings (SSSR count). The molecule has 10 aromatic rings. The van der Waals surface area contributed by atoms with Crippen LogP contribution in [-0.4, -0.2) is 15.0 Å². The molecular formula is C54H33N3S. The summed E-state index contributed by atoms with van der Waals surface area (Å²) in [7, 11) is 0. The van der Waals surface area contributed by atoms with Crippen LogP contribution in [0.1, 0.15) is 22.3 Å². The highest BCUT2D eigenvalue weighted by molar-refractivity contribution is 7.22. The van der Waals surface area contributed by atoms with Gasteiger partial charge in [-0.1, -0.05) is 176 Å². The average molecular weight is 756 g/mol. The second kappa shape index (κ2) is 12.9. The summed E-state index contributed by atoms with van der Waals surface area (Å²) in [4.78, 5) is 16.7. The third-order valence-electron chi connectivity index (χ3n) is 11.9. The Morgan fingerprint density at radius 3 is 1.47 bits per heavy atom. The SMILES string of the molecule is c1ccc(-c2cccc(-c3nc(-c4ccccc4)nc(-c4cccc(-c5ccc6c(c5)C5(c7ccccc7-c7ccccc75)c5c-6sc6ccccc56)c4)n3)c2)cc1. The lowest BCUT2D eigenvalue weighted by atomic mass is 9.70. The van der Waals surface area contributed by atoms with Crippen molar-refractivity contribution in [3.63, 3.8) is 0 Å². The quantitative estimate of drug-likeness (QED) is 0.176. The number of hydrogen-bond donors (Lipinski definition) is 0. The number of thiophene rings is 1. The average Bonchev–Trinajstić information content (AvgIpc) is 3.93. The van der Waals surface area contributed by atoms with Gasteiger partial charge in [0, 0.05) is 26.3 Å². The molecule has 8 aromatic carbocycles. The maximum atomic E-state index is 5.16. The first-order valence-electron chi connectivity index (χ1n) is 19.7. The van der Waals surface area contributed by atoms with Crippen LogP contribution in [0.15, 0.2) is 200 Å². The highest BCUT2D eigenvalue weighted by Crippen LogP contribution is 2.66. The lowest BCUT2D eigenvalue weighted by molar-refractivity contribution is 0.803. The number of fused-ring (bicyclic) bond motifs is 12. The third kappa shape index (κ3) is 4.89. The normalized spacial score (nSPS) is 13.0. The van der Waals surface area contributed by atoms with Gasteiger partial charge >= 0.3 is 0 Å². The molecule has 0 fully saturated rings. The van der Waals surface area contributed by atoms with Gasteiger partial charge in [-0.05, 0) is 90.8 Å². The van der Waals surface area contributed by atoms with Crippen molar-refractivity contribution < 1.29 is 0 Å².